The van der Waals surface area contributed by atoms with Crippen LogP contribution in [0.2, 0.25) is 10.0 Å². The molecule has 0 atom stereocenters. The molecule has 2 saturated carbocycles. The van der Waals surface area contributed by atoms with E-state index in [0.29, 0.717) is 26.9 Å². The highest BCUT2D eigenvalue weighted by Crippen LogP contribution is 2.50. The molecular formula is C24H27BCl2F4N2O2. The molecule has 2 aliphatic carbocycles. The van der Waals surface area contributed by atoms with Crippen LogP contribution in [0.15, 0.2) is 30.6 Å². The van der Waals surface area contributed by atoms with Crippen molar-refractivity contribution in [1.82, 2.24) is 9.97 Å². The van der Waals surface area contributed by atoms with Gasteiger partial charge in [0.1, 0.15) is 0 Å². The number of nitrogens with zero attached hydrogens (tertiary/aromatic N) is 2. The lowest BCUT2D eigenvalue weighted by Crippen LogP contribution is -2.41. The zero-order valence-electron chi connectivity index (χ0n) is 19.9. The summed E-state index contributed by atoms with van der Waals surface area (Å²) in [6.07, 6.45) is 2.58. The predicted molar refractivity (Wildman–Crippen MR) is 128 cm³/mol. The first-order valence-electron chi connectivity index (χ1n) is 11.5. The van der Waals surface area contributed by atoms with E-state index in [0.717, 1.165) is 0 Å². The normalized spacial score (nSPS) is 24.2. The van der Waals surface area contributed by atoms with Crippen LogP contribution in [0.1, 0.15) is 76.6 Å². The molecule has 35 heavy (non-hydrogen) atoms. The van der Waals surface area contributed by atoms with Crippen molar-refractivity contribution >= 4 is 35.8 Å². The van der Waals surface area contributed by atoms with Gasteiger partial charge in [0.2, 0.25) is 11.8 Å². The molecule has 0 N–H and O–H groups in total. The smallest absolute Gasteiger partial charge is 0.399 e. The summed E-state index contributed by atoms with van der Waals surface area (Å²) in [5.41, 5.74) is 0.957. The molecule has 3 fully saturated rings. The summed E-state index contributed by atoms with van der Waals surface area (Å²) in [5, 5.41) is 0.885. The van der Waals surface area contributed by atoms with Gasteiger partial charge in [0.15, 0.2) is 0 Å². The Morgan fingerprint density at radius 1 is 0.829 bits per heavy atom. The molecule has 0 radical (unpaired) electrons. The molecule has 0 aromatic carbocycles. The SMILES string of the molecule is CC1(C)OB(c2cnc(C3CC(F)(F)C3)c(Cl)c2)OC1(C)C.FC1(F)CC(c2ncccc2Cl)C1. The Kier molecular flexibility index (Phi) is 6.97. The number of aromatic nitrogens is 2. The largest absolute Gasteiger partial charge is 0.496 e. The van der Waals surface area contributed by atoms with Crippen LogP contribution in [0, 0.1) is 0 Å². The molecule has 1 saturated heterocycles. The van der Waals surface area contributed by atoms with E-state index in [1.165, 1.54) is 0 Å². The molecule has 4 nitrogen and oxygen atoms in total. The Morgan fingerprint density at radius 2 is 1.31 bits per heavy atom. The van der Waals surface area contributed by atoms with Gasteiger partial charge in [-0.3, -0.25) is 9.97 Å². The maximum absolute atomic E-state index is 13.0. The Labute approximate surface area is 212 Å². The molecule has 0 amide bonds. The molecule has 0 unspecified atom stereocenters. The van der Waals surface area contributed by atoms with Gasteiger partial charge >= 0.3 is 7.12 Å². The fourth-order valence-corrected chi connectivity index (χ4v) is 4.88. The maximum atomic E-state index is 13.0. The fourth-order valence-electron chi connectivity index (χ4n) is 4.28. The third kappa shape index (κ3) is 5.63. The van der Waals surface area contributed by atoms with E-state index in [-0.39, 0.29) is 37.5 Å². The zero-order valence-corrected chi connectivity index (χ0v) is 21.4. The molecule has 5 rings (SSSR count). The molecule has 0 spiro atoms. The Balaban J connectivity index is 0.000000189. The van der Waals surface area contributed by atoms with Gasteiger partial charge < -0.3 is 9.31 Å². The molecule has 2 aromatic heterocycles. The quantitative estimate of drug-likeness (QED) is 0.322. The monoisotopic (exact) mass is 532 g/mol. The summed E-state index contributed by atoms with van der Waals surface area (Å²) in [6.45, 7) is 7.86. The number of alkyl halides is 4. The van der Waals surface area contributed by atoms with Crippen molar-refractivity contribution in [3.63, 3.8) is 0 Å². The van der Waals surface area contributed by atoms with Crippen molar-refractivity contribution in [2.45, 2.75) is 88.3 Å². The number of hydrogen-bond donors (Lipinski definition) is 0. The van der Waals surface area contributed by atoms with Crippen LogP contribution in [0.3, 0.4) is 0 Å². The summed E-state index contributed by atoms with van der Waals surface area (Å²) < 4.78 is 62.9. The minimum absolute atomic E-state index is 0.121. The molecule has 3 heterocycles. The third-order valence-electron chi connectivity index (χ3n) is 7.16. The van der Waals surface area contributed by atoms with E-state index in [1.54, 1.807) is 30.6 Å². The van der Waals surface area contributed by atoms with E-state index in [9.17, 15) is 17.6 Å². The lowest BCUT2D eigenvalue weighted by molar-refractivity contribution is -0.0881. The van der Waals surface area contributed by atoms with Crippen LogP contribution >= 0.6 is 23.2 Å². The van der Waals surface area contributed by atoms with Crippen LogP contribution < -0.4 is 5.46 Å². The van der Waals surface area contributed by atoms with Crippen molar-refractivity contribution < 1.29 is 26.9 Å². The van der Waals surface area contributed by atoms with Crippen molar-refractivity contribution in [2.75, 3.05) is 0 Å². The van der Waals surface area contributed by atoms with Gasteiger partial charge in [0, 0.05) is 55.4 Å². The maximum Gasteiger partial charge on any atom is 0.496 e. The van der Waals surface area contributed by atoms with Crippen LogP contribution in [0.25, 0.3) is 0 Å². The highest BCUT2D eigenvalue weighted by atomic mass is 35.5. The lowest BCUT2D eigenvalue weighted by atomic mass is 9.77. The molecule has 2 aromatic rings. The fraction of sp³-hybridized carbons (Fsp3) is 0.583. The number of rotatable bonds is 3. The van der Waals surface area contributed by atoms with E-state index in [2.05, 4.69) is 9.97 Å². The molecule has 0 bridgehead atoms. The first-order chi connectivity index (χ1) is 16.1. The van der Waals surface area contributed by atoms with Gasteiger partial charge in [-0.25, -0.2) is 17.6 Å². The van der Waals surface area contributed by atoms with Crippen molar-refractivity contribution in [2.24, 2.45) is 0 Å². The van der Waals surface area contributed by atoms with Crippen LogP contribution in [0.5, 0.6) is 0 Å². The summed E-state index contributed by atoms with van der Waals surface area (Å²) in [4.78, 5) is 8.28. The molecular weight excluding hydrogens is 506 g/mol. The second-order valence-corrected chi connectivity index (χ2v) is 11.3. The van der Waals surface area contributed by atoms with E-state index in [4.69, 9.17) is 32.5 Å². The van der Waals surface area contributed by atoms with Crippen molar-refractivity contribution in [3.05, 3.63) is 52.0 Å². The van der Waals surface area contributed by atoms with Gasteiger partial charge in [0.25, 0.3) is 0 Å². The highest BCUT2D eigenvalue weighted by Gasteiger charge is 2.52. The van der Waals surface area contributed by atoms with Crippen molar-refractivity contribution in [3.8, 4) is 0 Å². The second-order valence-electron chi connectivity index (χ2n) is 10.5. The minimum atomic E-state index is -2.58. The first-order valence-corrected chi connectivity index (χ1v) is 12.2. The summed E-state index contributed by atoms with van der Waals surface area (Å²) in [5.74, 6) is -5.52. The highest BCUT2D eigenvalue weighted by molar-refractivity contribution is 6.62. The van der Waals surface area contributed by atoms with Crippen LogP contribution in [-0.4, -0.2) is 40.1 Å². The predicted octanol–water partition coefficient (Wildman–Crippen LogP) is 6.79. The molecule has 11 heteroatoms. The second kappa shape index (κ2) is 9.16. The minimum Gasteiger partial charge on any atom is -0.399 e. The van der Waals surface area contributed by atoms with Gasteiger partial charge in [-0.05, 0) is 45.9 Å². The Morgan fingerprint density at radius 3 is 1.74 bits per heavy atom. The molecule has 190 valence electrons. The van der Waals surface area contributed by atoms with E-state index < -0.39 is 30.2 Å². The first kappa shape index (κ1) is 26.6. The third-order valence-corrected chi connectivity index (χ3v) is 7.78. The van der Waals surface area contributed by atoms with Gasteiger partial charge in [0.05, 0.1) is 32.6 Å². The van der Waals surface area contributed by atoms with Crippen molar-refractivity contribution in [1.29, 1.82) is 0 Å². The topological polar surface area (TPSA) is 44.2 Å². The van der Waals surface area contributed by atoms with Gasteiger partial charge in [-0.15, -0.1) is 0 Å². The number of pyridine rings is 2. The molecule has 3 aliphatic rings. The molecule has 1 aliphatic heterocycles. The van der Waals surface area contributed by atoms with Crippen LogP contribution in [-0.2, 0) is 9.31 Å². The average Bonchev–Trinajstić information content (AvgIpc) is 2.92. The number of halogens is 6. The zero-order chi connectivity index (χ0) is 25.8. The van der Waals surface area contributed by atoms with E-state index in [1.807, 2.05) is 27.7 Å². The van der Waals surface area contributed by atoms with Gasteiger partial charge in [-0.1, -0.05) is 23.2 Å². The summed E-state index contributed by atoms with van der Waals surface area (Å²) in [6, 6.07) is 5.09. The standard InChI is InChI=1S/C15H19BClF2NO2.C9H8ClF2N/c1-13(2)14(3,4)22-16(21-13)10-5-11(17)12(20-8-10)9-6-15(18,19)7-9;10-7-2-1-3-13-8(7)6-4-9(11,12)5-6/h5,8-9H,6-7H2,1-4H3;1-3,6H,4-5H2. The van der Waals surface area contributed by atoms with Gasteiger partial charge in [-0.2, -0.15) is 0 Å². The summed E-state index contributed by atoms with van der Waals surface area (Å²) in [7, 11) is -0.549. The Bertz CT molecular complexity index is 1070. The number of hydrogen-bond acceptors (Lipinski definition) is 4. The van der Waals surface area contributed by atoms with Crippen LogP contribution in [0.4, 0.5) is 17.6 Å². The lowest BCUT2D eigenvalue weighted by Gasteiger charge is -2.34. The average molecular weight is 533 g/mol. The Hall–Kier alpha value is -1.42. The summed E-state index contributed by atoms with van der Waals surface area (Å²) >= 11 is 12.0. The van der Waals surface area contributed by atoms with E-state index >= 15 is 0 Å².